The largest absolute Gasteiger partial charge is 0.508 e. The molecule has 2 rings (SSSR count). The number of benzene rings is 2. The first-order chi connectivity index (χ1) is 14.7. The van der Waals surface area contributed by atoms with Gasteiger partial charge >= 0.3 is 12.3 Å². The van der Waals surface area contributed by atoms with E-state index in [0.717, 1.165) is 6.07 Å². The summed E-state index contributed by atoms with van der Waals surface area (Å²) in [5.74, 6) is -1.72. The van der Waals surface area contributed by atoms with Gasteiger partial charge in [-0.25, -0.2) is 4.79 Å². The zero-order valence-corrected chi connectivity index (χ0v) is 17.9. The number of hydrogen-bond donors (Lipinski definition) is 3. The van der Waals surface area contributed by atoms with Gasteiger partial charge in [0.05, 0.1) is 23.4 Å². The topological polar surface area (TPSA) is 105 Å². The molecule has 2 aromatic carbocycles. The average Bonchev–Trinajstić information content (AvgIpc) is 2.61. The fourth-order valence-electron chi connectivity index (χ4n) is 2.76. The minimum atomic E-state index is -4.70. The first-order valence-corrected chi connectivity index (χ1v) is 9.49. The lowest BCUT2D eigenvalue weighted by Gasteiger charge is -2.21. The molecule has 0 saturated carbocycles. The molecule has 0 atom stereocenters. The summed E-state index contributed by atoms with van der Waals surface area (Å²) in [7, 11) is 0. The zero-order valence-electron chi connectivity index (χ0n) is 17.9. The fraction of sp³-hybridized carbons (Fsp3) is 0.318. The van der Waals surface area contributed by atoms with Gasteiger partial charge in [0.15, 0.2) is 5.78 Å². The van der Waals surface area contributed by atoms with Crippen LogP contribution in [0.5, 0.6) is 5.75 Å². The van der Waals surface area contributed by atoms with Crippen LogP contribution in [-0.2, 0) is 15.7 Å². The number of aromatic hydroxyl groups is 1. The maximum absolute atomic E-state index is 13.3. The maximum Gasteiger partial charge on any atom is 0.416 e. The van der Waals surface area contributed by atoms with Gasteiger partial charge in [-0.3, -0.25) is 14.9 Å². The van der Waals surface area contributed by atoms with Crippen molar-refractivity contribution in [2.24, 2.45) is 0 Å². The summed E-state index contributed by atoms with van der Waals surface area (Å²) in [4.78, 5) is 36.7. The molecule has 172 valence electrons. The molecule has 0 spiro atoms. The number of nitrogens with one attached hydrogen (secondary N) is 2. The van der Waals surface area contributed by atoms with E-state index < -0.39 is 41.5 Å². The lowest BCUT2D eigenvalue weighted by atomic mass is 10.0. The predicted octanol–water partition coefficient (Wildman–Crippen LogP) is 5.28. The molecule has 2 amide bonds. The Morgan fingerprint density at radius 1 is 1.00 bits per heavy atom. The van der Waals surface area contributed by atoms with E-state index >= 15 is 0 Å². The third-order valence-corrected chi connectivity index (χ3v) is 4.07. The number of ether oxygens (including phenoxy) is 1. The SMILES string of the molecule is Cc1cc(NC(=O)OC(C)(C)C)c(NC(=O)CC(=O)c2cccc(O)c2)cc1C(F)(F)F. The molecule has 10 heteroatoms. The number of halogens is 3. The number of phenols is 1. The molecule has 0 aliphatic carbocycles. The predicted molar refractivity (Wildman–Crippen MR) is 112 cm³/mol. The Kier molecular flexibility index (Phi) is 7.17. The second-order valence-electron chi connectivity index (χ2n) is 8.04. The molecule has 0 heterocycles. The van der Waals surface area contributed by atoms with Crippen molar-refractivity contribution >= 4 is 29.2 Å². The van der Waals surface area contributed by atoms with Crippen molar-refractivity contribution in [1.29, 1.82) is 0 Å². The molecule has 0 unspecified atom stereocenters. The summed E-state index contributed by atoms with van der Waals surface area (Å²) in [5, 5.41) is 14.0. The molecule has 2 aromatic rings. The lowest BCUT2D eigenvalue weighted by Crippen LogP contribution is -2.28. The monoisotopic (exact) mass is 452 g/mol. The molecule has 3 N–H and O–H groups in total. The zero-order chi connectivity index (χ0) is 24.3. The van der Waals surface area contributed by atoms with E-state index in [9.17, 15) is 32.7 Å². The highest BCUT2D eigenvalue weighted by atomic mass is 19.4. The molecule has 0 fully saturated rings. The normalized spacial score (nSPS) is 11.6. The van der Waals surface area contributed by atoms with Gasteiger partial charge in [-0.15, -0.1) is 0 Å². The summed E-state index contributed by atoms with van der Waals surface area (Å²) in [6.45, 7) is 6.04. The highest BCUT2D eigenvalue weighted by Crippen LogP contribution is 2.37. The third kappa shape index (κ3) is 7.00. The average molecular weight is 452 g/mol. The van der Waals surface area contributed by atoms with Crippen LogP contribution in [0.3, 0.4) is 0 Å². The van der Waals surface area contributed by atoms with Gasteiger partial charge in [0, 0.05) is 5.56 Å². The van der Waals surface area contributed by atoms with Crippen LogP contribution in [0.15, 0.2) is 36.4 Å². The number of ketones is 1. The number of rotatable bonds is 5. The quantitative estimate of drug-likeness (QED) is 0.423. The van der Waals surface area contributed by atoms with E-state index in [1.165, 1.54) is 31.2 Å². The van der Waals surface area contributed by atoms with Gasteiger partial charge in [0.2, 0.25) is 5.91 Å². The number of anilines is 2. The van der Waals surface area contributed by atoms with E-state index in [1.54, 1.807) is 20.8 Å². The third-order valence-electron chi connectivity index (χ3n) is 4.07. The van der Waals surface area contributed by atoms with Gasteiger partial charge in [0.25, 0.3) is 0 Å². The number of carbonyl (C=O) groups is 3. The molecular weight excluding hydrogens is 429 g/mol. The minimum absolute atomic E-state index is 0.0622. The van der Waals surface area contributed by atoms with Crippen molar-refractivity contribution in [2.75, 3.05) is 10.6 Å². The van der Waals surface area contributed by atoms with E-state index in [2.05, 4.69) is 10.6 Å². The summed E-state index contributed by atoms with van der Waals surface area (Å²) in [6, 6.07) is 7.05. The second kappa shape index (κ2) is 9.29. The molecule has 0 saturated heterocycles. The lowest BCUT2D eigenvalue weighted by molar-refractivity contribution is -0.138. The van der Waals surface area contributed by atoms with Crippen molar-refractivity contribution in [3.63, 3.8) is 0 Å². The first-order valence-electron chi connectivity index (χ1n) is 9.49. The number of hydrogen-bond acceptors (Lipinski definition) is 5. The van der Waals surface area contributed by atoms with E-state index in [-0.39, 0.29) is 28.3 Å². The van der Waals surface area contributed by atoms with Crippen molar-refractivity contribution in [1.82, 2.24) is 0 Å². The van der Waals surface area contributed by atoms with Crippen LogP contribution < -0.4 is 10.6 Å². The summed E-state index contributed by atoms with van der Waals surface area (Å²) in [5.41, 5.74) is -2.46. The molecule has 0 aliphatic rings. The highest BCUT2D eigenvalue weighted by molar-refractivity contribution is 6.12. The van der Waals surface area contributed by atoms with Crippen molar-refractivity contribution < 1.29 is 37.4 Å². The van der Waals surface area contributed by atoms with Gasteiger partial charge in [-0.05, 0) is 57.5 Å². The van der Waals surface area contributed by atoms with Gasteiger partial charge < -0.3 is 15.2 Å². The van der Waals surface area contributed by atoms with Crippen LogP contribution in [-0.4, -0.2) is 28.5 Å². The Morgan fingerprint density at radius 3 is 2.19 bits per heavy atom. The number of phenolic OH excluding ortho intramolecular Hbond substituents is 1. The van der Waals surface area contributed by atoms with Crippen molar-refractivity contribution in [2.45, 2.75) is 45.9 Å². The fourth-order valence-corrected chi connectivity index (χ4v) is 2.76. The smallest absolute Gasteiger partial charge is 0.416 e. The Hall–Kier alpha value is -3.56. The Morgan fingerprint density at radius 2 is 1.62 bits per heavy atom. The van der Waals surface area contributed by atoms with Gasteiger partial charge in [-0.2, -0.15) is 13.2 Å². The van der Waals surface area contributed by atoms with E-state index in [0.29, 0.717) is 6.07 Å². The van der Waals surface area contributed by atoms with Crippen LogP contribution in [0.4, 0.5) is 29.3 Å². The van der Waals surface area contributed by atoms with E-state index in [1.807, 2.05) is 0 Å². The molecule has 0 bridgehead atoms. The summed E-state index contributed by atoms with van der Waals surface area (Å²) < 4.78 is 45.2. The Balaban J connectivity index is 2.31. The molecule has 0 radical (unpaired) electrons. The van der Waals surface area contributed by atoms with E-state index in [4.69, 9.17) is 4.74 Å². The Labute approximate surface area is 182 Å². The second-order valence-corrected chi connectivity index (χ2v) is 8.04. The standard InChI is InChI=1S/C22H23F3N2O5/c1-12-8-16(27-20(31)32-21(2,3)4)17(10-15(12)22(23,24)25)26-19(30)11-18(29)13-6-5-7-14(28)9-13/h5-10,28H,11H2,1-4H3,(H,26,30)(H,27,31). The van der Waals surface area contributed by atoms with Crippen molar-refractivity contribution in [3.05, 3.63) is 53.1 Å². The van der Waals surface area contributed by atoms with Crippen LogP contribution in [0, 0.1) is 6.92 Å². The summed E-state index contributed by atoms with van der Waals surface area (Å²) in [6.07, 6.45) is -6.32. The summed E-state index contributed by atoms with van der Waals surface area (Å²) >= 11 is 0. The molecule has 7 nitrogen and oxygen atoms in total. The van der Waals surface area contributed by atoms with Crippen LogP contribution >= 0.6 is 0 Å². The molecular formula is C22H23F3N2O5. The Bertz CT molecular complexity index is 1040. The number of carbonyl (C=O) groups excluding carboxylic acids is 3. The van der Waals surface area contributed by atoms with Crippen molar-refractivity contribution in [3.8, 4) is 5.75 Å². The highest BCUT2D eigenvalue weighted by Gasteiger charge is 2.34. The maximum atomic E-state index is 13.3. The van der Waals surface area contributed by atoms with Crippen LogP contribution in [0.2, 0.25) is 0 Å². The number of alkyl halides is 3. The van der Waals surface area contributed by atoms with Crippen LogP contribution in [0.1, 0.15) is 48.7 Å². The van der Waals surface area contributed by atoms with Gasteiger partial charge in [0.1, 0.15) is 11.4 Å². The molecule has 0 aromatic heterocycles. The van der Waals surface area contributed by atoms with Crippen LogP contribution in [0.25, 0.3) is 0 Å². The first kappa shape index (κ1) is 24.7. The molecule has 32 heavy (non-hydrogen) atoms. The number of amides is 2. The molecule has 0 aliphatic heterocycles. The minimum Gasteiger partial charge on any atom is -0.508 e. The number of Topliss-reactive ketones (excluding diaryl/α,β-unsaturated/α-hetero) is 1. The number of aryl methyl sites for hydroxylation is 1. The van der Waals surface area contributed by atoms with Gasteiger partial charge in [-0.1, -0.05) is 12.1 Å².